The molecule has 0 heterocycles. The Morgan fingerprint density at radius 1 is 1.29 bits per heavy atom. The van der Waals surface area contributed by atoms with E-state index in [-0.39, 0.29) is 0 Å². The molecule has 0 amide bonds. The van der Waals surface area contributed by atoms with Crippen LogP contribution < -0.4 is 11.1 Å². The molecule has 2 heteroatoms. The Kier molecular flexibility index (Phi) is 4.57. The quantitative estimate of drug-likeness (QED) is 0.709. The van der Waals surface area contributed by atoms with E-state index in [1.165, 1.54) is 36.8 Å². The lowest BCUT2D eigenvalue weighted by Gasteiger charge is -2.17. The molecule has 1 aliphatic rings. The fraction of sp³-hybridized carbons (Fsp3) is 0.600. The minimum atomic E-state index is 0.315. The monoisotopic (exact) mass is 232 g/mol. The zero-order chi connectivity index (χ0) is 12.1. The van der Waals surface area contributed by atoms with Crippen LogP contribution in [0.15, 0.2) is 24.3 Å². The average Bonchev–Trinajstić information content (AvgIpc) is 3.15. The van der Waals surface area contributed by atoms with Crippen molar-refractivity contribution in [1.29, 1.82) is 0 Å². The maximum absolute atomic E-state index is 5.83. The van der Waals surface area contributed by atoms with Crippen LogP contribution in [-0.4, -0.2) is 13.1 Å². The Balaban J connectivity index is 1.76. The van der Waals surface area contributed by atoms with Crippen LogP contribution in [0.3, 0.4) is 0 Å². The highest BCUT2D eigenvalue weighted by Crippen LogP contribution is 2.33. The van der Waals surface area contributed by atoms with Crippen molar-refractivity contribution in [2.75, 3.05) is 13.1 Å². The van der Waals surface area contributed by atoms with Crippen LogP contribution in [0.2, 0.25) is 0 Å². The molecule has 1 aromatic carbocycles. The smallest absolute Gasteiger partial charge is 0.0444 e. The van der Waals surface area contributed by atoms with Gasteiger partial charge in [-0.25, -0.2) is 0 Å². The first-order valence-corrected chi connectivity index (χ1v) is 6.79. The van der Waals surface area contributed by atoms with Crippen LogP contribution in [0.1, 0.15) is 42.9 Å². The summed E-state index contributed by atoms with van der Waals surface area (Å²) in [5, 5.41) is 3.56. The molecule has 0 saturated heterocycles. The van der Waals surface area contributed by atoms with E-state index in [4.69, 9.17) is 5.73 Å². The summed E-state index contributed by atoms with van der Waals surface area (Å²) < 4.78 is 0. The van der Waals surface area contributed by atoms with Crippen LogP contribution in [0, 0.1) is 12.8 Å². The molecule has 1 aliphatic carbocycles. The summed E-state index contributed by atoms with van der Waals surface area (Å²) >= 11 is 0. The highest BCUT2D eigenvalue weighted by Gasteiger charge is 2.20. The number of nitrogens with one attached hydrogen (secondary N) is 1. The average molecular weight is 232 g/mol. The van der Waals surface area contributed by atoms with Crippen molar-refractivity contribution in [2.45, 2.75) is 38.6 Å². The molecule has 17 heavy (non-hydrogen) atoms. The number of hydrogen-bond acceptors (Lipinski definition) is 2. The van der Waals surface area contributed by atoms with Gasteiger partial charge in [-0.2, -0.15) is 0 Å². The fourth-order valence-corrected chi connectivity index (χ4v) is 2.21. The van der Waals surface area contributed by atoms with Crippen molar-refractivity contribution in [2.24, 2.45) is 11.7 Å². The van der Waals surface area contributed by atoms with E-state index >= 15 is 0 Å². The van der Waals surface area contributed by atoms with Gasteiger partial charge < -0.3 is 11.1 Å². The summed E-state index contributed by atoms with van der Waals surface area (Å²) in [6.45, 7) is 3.88. The van der Waals surface area contributed by atoms with Gasteiger partial charge in [0.05, 0.1) is 0 Å². The molecule has 0 spiro atoms. The van der Waals surface area contributed by atoms with E-state index in [0.717, 1.165) is 12.5 Å². The van der Waals surface area contributed by atoms with Gasteiger partial charge in [0.15, 0.2) is 0 Å². The van der Waals surface area contributed by atoms with Crippen LogP contribution in [-0.2, 0) is 0 Å². The Bertz CT molecular complexity index is 327. The third kappa shape index (κ3) is 4.14. The van der Waals surface area contributed by atoms with Gasteiger partial charge in [-0.1, -0.05) is 42.7 Å². The maximum atomic E-state index is 5.83. The summed E-state index contributed by atoms with van der Waals surface area (Å²) in [6, 6.07) is 8.99. The second-order valence-electron chi connectivity index (χ2n) is 5.24. The molecule has 2 rings (SSSR count). The predicted molar refractivity (Wildman–Crippen MR) is 72.9 cm³/mol. The zero-order valence-corrected chi connectivity index (χ0v) is 10.8. The molecule has 2 nitrogen and oxygen atoms in total. The topological polar surface area (TPSA) is 38.0 Å². The maximum Gasteiger partial charge on any atom is 0.0444 e. The molecule has 1 aromatic rings. The molecule has 0 aromatic heterocycles. The van der Waals surface area contributed by atoms with E-state index < -0.39 is 0 Å². The van der Waals surface area contributed by atoms with Gasteiger partial charge in [-0.05, 0) is 37.8 Å². The molecule has 3 N–H and O–H groups in total. The van der Waals surface area contributed by atoms with E-state index in [1.54, 1.807) is 0 Å². The number of benzene rings is 1. The van der Waals surface area contributed by atoms with Gasteiger partial charge in [0.25, 0.3) is 0 Å². The number of hydrogen-bond donors (Lipinski definition) is 2. The van der Waals surface area contributed by atoms with Crippen LogP contribution in [0.4, 0.5) is 0 Å². The highest BCUT2D eigenvalue weighted by atomic mass is 14.9. The zero-order valence-electron chi connectivity index (χ0n) is 10.8. The van der Waals surface area contributed by atoms with Crippen LogP contribution in [0.5, 0.6) is 0 Å². The molecular formula is C15H24N2. The van der Waals surface area contributed by atoms with E-state index in [9.17, 15) is 0 Å². The minimum absolute atomic E-state index is 0.315. The molecule has 1 unspecified atom stereocenters. The van der Waals surface area contributed by atoms with Crippen molar-refractivity contribution in [3.8, 4) is 0 Å². The first-order chi connectivity index (χ1) is 8.29. The summed E-state index contributed by atoms with van der Waals surface area (Å²) in [5.41, 5.74) is 8.45. The Hall–Kier alpha value is -0.860. The van der Waals surface area contributed by atoms with E-state index in [1.807, 2.05) is 0 Å². The third-order valence-electron chi connectivity index (χ3n) is 3.59. The predicted octanol–water partition coefficient (Wildman–Crippen LogP) is 2.77. The first kappa shape index (κ1) is 12.6. The summed E-state index contributed by atoms with van der Waals surface area (Å²) in [6.07, 6.45) is 5.59. The van der Waals surface area contributed by atoms with Crippen molar-refractivity contribution in [3.05, 3.63) is 35.4 Å². The van der Waals surface area contributed by atoms with E-state index in [2.05, 4.69) is 36.5 Å². The van der Waals surface area contributed by atoms with Gasteiger partial charge in [0.1, 0.15) is 0 Å². The lowest BCUT2D eigenvalue weighted by Crippen LogP contribution is -2.29. The molecule has 1 saturated carbocycles. The molecule has 94 valence electrons. The van der Waals surface area contributed by atoms with Gasteiger partial charge in [0.2, 0.25) is 0 Å². The SMILES string of the molecule is Cc1ccc(C(CN)NCCCC2CC2)cc1. The van der Waals surface area contributed by atoms with E-state index in [0.29, 0.717) is 12.6 Å². The number of nitrogens with two attached hydrogens (primary N) is 1. The standard InChI is InChI=1S/C15H24N2/c1-12-4-8-14(9-5-12)15(11-16)17-10-2-3-13-6-7-13/h4-5,8-9,13,15,17H,2-3,6-7,10-11,16H2,1H3. The molecule has 1 fully saturated rings. The van der Waals surface area contributed by atoms with Crippen molar-refractivity contribution < 1.29 is 0 Å². The summed E-state index contributed by atoms with van der Waals surface area (Å²) in [7, 11) is 0. The molecule has 0 aliphatic heterocycles. The molecular weight excluding hydrogens is 208 g/mol. The third-order valence-corrected chi connectivity index (χ3v) is 3.59. The van der Waals surface area contributed by atoms with Crippen molar-refractivity contribution in [3.63, 3.8) is 0 Å². The minimum Gasteiger partial charge on any atom is -0.329 e. The second-order valence-corrected chi connectivity index (χ2v) is 5.24. The summed E-state index contributed by atoms with van der Waals surface area (Å²) in [5.74, 6) is 1.03. The highest BCUT2D eigenvalue weighted by molar-refractivity contribution is 5.24. The van der Waals surface area contributed by atoms with Crippen molar-refractivity contribution >= 4 is 0 Å². The van der Waals surface area contributed by atoms with Crippen LogP contribution >= 0.6 is 0 Å². The lowest BCUT2D eigenvalue weighted by molar-refractivity contribution is 0.512. The number of rotatable bonds is 7. The van der Waals surface area contributed by atoms with Gasteiger partial charge in [-0.3, -0.25) is 0 Å². The first-order valence-electron chi connectivity index (χ1n) is 6.79. The molecule has 0 radical (unpaired) electrons. The van der Waals surface area contributed by atoms with Gasteiger partial charge >= 0.3 is 0 Å². The van der Waals surface area contributed by atoms with Gasteiger partial charge in [0, 0.05) is 12.6 Å². The number of aryl methyl sites for hydroxylation is 1. The lowest BCUT2D eigenvalue weighted by atomic mass is 10.0. The van der Waals surface area contributed by atoms with Gasteiger partial charge in [-0.15, -0.1) is 0 Å². The Labute approximate surface area is 105 Å². The Morgan fingerprint density at radius 2 is 2.00 bits per heavy atom. The van der Waals surface area contributed by atoms with Crippen LogP contribution in [0.25, 0.3) is 0 Å². The normalized spacial score (nSPS) is 17.1. The largest absolute Gasteiger partial charge is 0.329 e. The second kappa shape index (κ2) is 6.18. The summed E-state index contributed by atoms with van der Waals surface area (Å²) in [4.78, 5) is 0. The van der Waals surface area contributed by atoms with Crippen molar-refractivity contribution in [1.82, 2.24) is 5.32 Å². The fourth-order valence-electron chi connectivity index (χ4n) is 2.21. The molecule has 0 bridgehead atoms. The molecule has 1 atom stereocenters. The Morgan fingerprint density at radius 3 is 2.59 bits per heavy atom.